The molecule has 1 fully saturated rings. The second-order valence-corrected chi connectivity index (χ2v) is 3.90. The Kier molecular flexibility index (Phi) is 3.28. The van der Waals surface area contributed by atoms with Crippen molar-refractivity contribution in [2.24, 2.45) is 5.92 Å². The van der Waals surface area contributed by atoms with Gasteiger partial charge in [-0.3, -0.25) is 0 Å². The molecule has 1 heterocycles. The fourth-order valence-electron chi connectivity index (χ4n) is 1.56. The molecule has 0 aliphatic carbocycles. The SMILES string of the molecule is Fc1ccc(CNCC2CNC2)cc1F. The molecule has 2 nitrogen and oxygen atoms in total. The summed E-state index contributed by atoms with van der Waals surface area (Å²) in [6.07, 6.45) is 0. The summed E-state index contributed by atoms with van der Waals surface area (Å²) in [5.74, 6) is -0.892. The summed E-state index contributed by atoms with van der Waals surface area (Å²) in [6.45, 7) is 3.61. The molecule has 1 saturated heterocycles. The number of nitrogens with one attached hydrogen (secondary N) is 2. The standard InChI is InChI=1S/C11H14F2N2/c12-10-2-1-8(3-11(10)13)4-14-5-9-6-15-7-9/h1-3,9,14-15H,4-7H2. The molecule has 0 aromatic heterocycles. The minimum absolute atomic E-state index is 0.591. The van der Waals surface area contributed by atoms with E-state index in [2.05, 4.69) is 10.6 Å². The maximum atomic E-state index is 12.8. The maximum absolute atomic E-state index is 12.8. The molecule has 82 valence electrons. The Labute approximate surface area is 87.7 Å². The van der Waals surface area contributed by atoms with Crippen LogP contribution in [0.3, 0.4) is 0 Å². The summed E-state index contributed by atoms with van der Waals surface area (Å²) < 4.78 is 25.4. The van der Waals surface area contributed by atoms with Crippen molar-refractivity contribution in [2.75, 3.05) is 19.6 Å². The molecule has 1 aliphatic rings. The zero-order valence-corrected chi connectivity index (χ0v) is 8.39. The van der Waals surface area contributed by atoms with E-state index in [1.807, 2.05) is 0 Å². The van der Waals surface area contributed by atoms with Gasteiger partial charge in [-0.1, -0.05) is 6.07 Å². The van der Waals surface area contributed by atoms with Crippen LogP contribution in [0, 0.1) is 17.6 Å². The topological polar surface area (TPSA) is 24.1 Å². The Hall–Kier alpha value is -1.00. The van der Waals surface area contributed by atoms with Crippen molar-refractivity contribution in [3.8, 4) is 0 Å². The molecule has 1 aliphatic heterocycles. The molecule has 0 atom stereocenters. The van der Waals surface area contributed by atoms with Gasteiger partial charge in [-0.2, -0.15) is 0 Å². The summed E-state index contributed by atoms with van der Waals surface area (Å²) >= 11 is 0. The average Bonchev–Trinajstić information content (AvgIpc) is 2.15. The molecule has 0 amide bonds. The van der Waals surface area contributed by atoms with Crippen LogP contribution < -0.4 is 10.6 Å². The maximum Gasteiger partial charge on any atom is 0.159 e. The zero-order valence-electron chi connectivity index (χ0n) is 8.39. The Morgan fingerprint density at radius 1 is 1.27 bits per heavy atom. The molecule has 0 unspecified atom stereocenters. The highest BCUT2D eigenvalue weighted by molar-refractivity contribution is 5.17. The molecule has 1 aromatic rings. The van der Waals surface area contributed by atoms with Crippen LogP contribution in [0.25, 0.3) is 0 Å². The van der Waals surface area contributed by atoms with E-state index in [-0.39, 0.29) is 0 Å². The number of benzene rings is 1. The van der Waals surface area contributed by atoms with Gasteiger partial charge in [0.15, 0.2) is 11.6 Å². The highest BCUT2D eigenvalue weighted by Gasteiger charge is 2.15. The smallest absolute Gasteiger partial charge is 0.159 e. The summed E-state index contributed by atoms with van der Waals surface area (Å²) in [5, 5.41) is 6.40. The van der Waals surface area contributed by atoms with E-state index in [0.29, 0.717) is 12.5 Å². The largest absolute Gasteiger partial charge is 0.316 e. The fraction of sp³-hybridized carbons (Fsp3) is 0.455. The lowest BCUT2D eigenvalue weighted by Crippen LogP contribution is -2.47. The van der Waals surface area contributed by atoms with Gasteiger partial charge in [-0.15, -0.1) is 0 Å². The summed E-state index contributed by atoms with van der Waals surface area (Å²) in [7, 11) is 0. The molecule has 1 aromatic carbocycles. The minimum Gasteiger partial charge on any atom is -0.316 e. The molecular weight excluding hydrogens is 198 g/mol. The van der Waals surface area contributed by atoms with E-state index in [4.69, 9.17) is 0 Å². The van der Waals surface area contributed by atoms with Gasteiger partial charge in [-0.25, -0.2) is 8.78 Å². The third-order valence-electron chi connectivity index (χ3n) is 2.61. The van der Waals surface area contributed by atoms with Gasteiger partial charge < -0.3 is 10.6 Å². The van der Waals surface area contributed by atoms with Crippen LogP contribution in [-0.2, 0) is 6.54 Å². The Morgan fingerprint density at radius 3 is 2.67 bits per heavy atom. The van der Waals surface area contributed by atoms with E-state index in [9.17, 15) is 8.78 Å². The molecule has 4 heteroatoms. The van der Waals surface area contributed by atoms with Crippen molar-refractivity contribution in [1.82, 2.24) is 10.6 Å². The first-order valence-electron chi connectivity index (χ1n) is 5.11. The molecule has 0 bridgehead atoms. The van der Waals surface area contributed by atoms with Crippen LogP contribution in [0.2, 0.25) is 0 Å². The monoisotopic (exact) mass is 212 g/mol. The molecule has 2 N–H and O–H groups in total. The Morgan fingerprint density at radius 2 is 2.07 bits per heavy atom. The second-order valence-electron chi connectivity index (χ2n) is 3.90. The van der Waals surface area contributed by atoms with E-state index < -0.39 is 11.6 Å². The lowest BCUT2D eigenvalue weighted by Gasteiger charge is -2.27. The first-order chi connectivity index (χ1) is 7.25. The van der Waals surface area contributed by atoms with Crippen LogP contribution in [0.1, 0.15) is 5.56 Å². The zero-order chi connectivity index (χ0) is 10.7. The minimum atomic E-state index is -0.790. The predicted molar refractivity (Wildman–Crippen MR) is 54.4 cm³/mol. The molecule has 2 rings (SSSR count). The van der Waals surface area contributed by atoms with Gasteiger partial charge in [-0.05, 0) is 23.6 Å². The van der Waals surface area contributed by atoms with E-state index in [0.717, 1.165) is 31.3 Å². The quantitative estimate of drug-likeness (QED) is 0.785. The van der Waals surface area contributed by atoms with Gasteiger partial charge in [0.2, 0.25) is 0 Å². The van der Waals surface area contributed by atoms with Crippen LogP contribution in [-0.4, -0.2) is 19.6 Å². The molecule has 0 spiro atoms. The number of rotatable bonds is 4. The van der Waals surface area contributed by atoms with Gasteiger partial charge in [0.1, 0.15) is 0 Å². The normalized spacial score (nSPS) is 16.4. The van der Waals surface area contributed by atoms with E-state index >= 15 is 0 Å². The van der Waals surface area contributed by atoms with Crippen molar-refractivity contribution in [3.05, 3.63) is 35.4 Å². The predicted octanol–water partition coefficient (Wildman–Crippen LogP) is 1.27. The van der Waals surface area contributed by atoms with Gasteiger partial charge in [0, 0.05) is 26.2 Å². The van der Waals surface area contributed by atoms with E-state index in [1.54, 1.807) is 6.07 Å². The van der Waals surface area contributed by atoms with Crippen molar-refractivity contribution in [1.29, 1.82) is 0 Å². The number of halogens is 2. The van der Waals surface area contributed by atoms with Crippen LogP contribution in [0.5, 0.6) is 0 Å². The van der Waals surface area contributed by atoms with Gasteiger partial charge in [0.25, 0.3) is 0 Å². The van der Waals surface area contributed by atoms with Gasteiger partial charge in [0.05, 0.1) is 0 Å². The third-order valence-corrected chi connectivity index (χ3v) is 2.61. The number of hydrogen-bond donors (Lipinski definition) is 2. The van der Waals surface area contributed by atoms with Crippen molar-refractivity contribution >= 4 is 0 Å². The van der Waals surface area contributed by atoms with Crippen LogP contribution >= 0.6 is 0 Å². The molecule has 15 heavy (non-hydrogen) atoms. The van der Waals surface area contributed by atoms with Gasteiger partial charge >= 0.3 is 0 Å². The highest BCUT2D eigenvalue weighted by Crippen LogP contribution is 2.08. The number of hydrogen-bond acceptors (Lipinski definition) is 2. The molecular formula is C11H14F2N2. The van der Waals surface area contributed by atoms with Crippen molar-refractivity contribution < 1.29 is 8.78 Å². The lowest BCUT2D eigenvalue weighted by molar-refractivity contribution is 0.331. The van der Waals surface area contributed by atoms with Crippen LogP contribution in [0.4, 0.5) is 8.78 Å². The second kappa shape index (κ2) is 4.68. The van der Waals surface area contributed by atoms with Crippen molar-refractivity contribution in [2.45, 2.75) is 6.54 Å². The Bertz CT molecular complexity index is 337. The van der Waals surface area contributed by atoms with E-state index in [1.165, 1.54) is 6.07 Å². The van der Waals surface area contributed by atoms with Crippen molar-refractivity contribution in [3.63, 3.8) is 0 Å². The molecule has 0 radical (unpaired) electrons. The molecule has 0 saturated carbocycles. The van der Waals surface area contributed by atoms with Crippen LogP contribution in [0.15, 0.2) is 18.2 Å². The fourth-order valence-corrected chi connectivity index (χ4v) is 1.56. The lowest BCUT2D eigenvalue weighted by atomic mass is 10.0. The first-order valence-corrected chi connectivity index (χ1v) is 5.11. The average molecular weight is 212 g/mol. The summed E-state index contributed by atoms with van der Waals surface area (Å²) in [5.41, 5.74) is 0.779. The summed E-state index contributed by atoms with van der Waals surface area (Å²) in [4.78, 5) is 0. The first kappa shape index (κ1) is 10.5. The Balaban J connectivity index is 1.79. The highest BCUT2D eigenvalue weighted by atomic mass is 19.2. The third kappa shape index (κ3) is 2.73. The summed E-state index contributed by atoms with van der Waals surface area (Å²) in [6, 6.07) is 4.00.